The van der Waals surface area contributed by atoms with Gasteiger partial charge in [-0.2, -0.15) is 5.10 Å². The summed E-state index contributed by atoms with van der Waals surface area (Å²) in [4.78, 5) is 25.0. The van der Waals surface area contributed by atoms with Gasteiger partial charge in [-0.3, -0.25) is 14.3 Å². The van der Waals surface area contributed by atoms with E-state index >= 15 is 0 Å². The van der Waals surface area contributed by atoms with Crippen LogP contribution in [-0.2, 0) is 16.6 Å². The van der Waals surface area contributed by atoms with Gasteiger partial charge in [0.05, 0.1) is 11.9 Å². The molecule has 1 fully saturated rings. The fraction of sp³-hybridized carbons (Fsp3) is 0.500. The van der Waals surface area contributed by atoms with Crippen LogP contribution in [-0.4, -0.2) is 52.7 Å². The van der Waals surface area contributed by atoms with Crippen molar-refractivity contribution in [3.8, 4) is 0 Å². The molecule has 1 aromatic heterocycles. The predicted octanol–water partition coefficient (Wildman–Crippen LogP) is -1.21. The van der Waals surface area contributed by atoms with Crippen LogP contribution in [0.5, 0.6) is 0 Å². The summed E-state index contributed by atoms with van der Waals surface area (Å²) < 4.78 is 1.56. The number of hydrogen-bond acceptors (Lipinski definition) is 4. The van der Waals surface area contributed by atoms with E-state index in [0.29, 0.717) is 18.8 Å². The van der Waals surface area contributed by atoms with E-state index in [0.717, 1.165) is 13.1 Å². The van der Waals surface area contributed by atoms with E-state index in [1.807, 2.05) is 0 Å². The fourth-order valence-corrected chi connectivity index (χ4v) is 1.68. The standard InChI is InChI=1S/C10H15N5O2/c1-14-7-8(6-12-14)13-9(16)10(17)15-4-2-11-3-5-15/h6-7,11H,2-5H2,1H3,(H,13,16). The molecule has 92 valence electrons. The molecule has 0 saturated carbocycles. The van der Waals surface area contributed by atoms with Crippen LogP contribution in [0.15, 0.2) is 12.4 Å². The number of anilines is 1. The van der Waals surface area contributed by atoms with Gasteiger partial charge in [-0.1, -0.05) is 0 Å². The zero-order chi connectivity index (χ0) is 12.3. The molecule has 7 nitrogen and oxygen atoms in total. The smallest absolute Gasteiger partial charge is 0.313 e. The number of carbonyl (C=O) groups is 2. The highest BCUT2D eigenvalue weighted by molar-refractivity contribution is 6.39. The Balaban J connectivity index is 1.92. The van der Waals surface area contributed by atoms with Crippen LogP contribution in [0.25, 0.3) is 0 Å². The number of aryl methyl sites for hydroxylation is 1. The second-order valence-corrected chi connectivity index (χ2v) is 3.90. The molecule has 1 aliphatic heterocycles. The third-order valence-electron chi connectivity index (χ3n) is 2.56. The quantitative estimate of drug-likeness (QED) is 0.601. The Labute approximate surface area is 98.8 Å². The number of nitrogens with one attached hydrogen (secondary N) is 2. The van der Waals surface area contributed by atoms with Crippen LogP contribution in [0.3, 0.4) is 0 Å². The summed E-state index contributed by atoms with van der Waals surface area (Å²) in [5, 5.41) is 9.56. The van der Waals surface area contributed by atoms with E-state index in [2.05, 4.69) is 15.7 Å². The summed E-state index contributed by atoms with van der Waals surface area (Å²) in [7, 11) is 1.74. The van der Waals surface area contributed by atoms with Crippen molar-refractivity contribution < 1.29 is 9.59 Å². The largest absolute Gasteiger partial charge is 0.332 e. The number of nitrogens with zero attached hydrogens (tertiary/aromatic N) is 3. The predicted molar refractivity (Wildman–Crippen MR) is 61.3 cm³/mol. The Morgan fingerprint density at radius 2 is 2.12 bits per heavy atom. The lowest BCUT2D eigenvalue weighted by atomic mass is 10.3. The number of carbonyl (C=O) groups excluding carboxylic acids is 2. The summed E-state index contributed by atoms with van der Waals surface area (Å²) in [5.74, 6) is -1.10. The molecule has 0 unspecified atom stereocenters. The van der Waals surface area contributed by atoms with Gasteiger partial charge in [0.15, 0.2) is 0 Å². The first-order valence-corrected chi connectivity index (χ1v) is 5.46. The molecule has 2 N–H and O–H groups in total. The lowest BCUT2D eigenvalue weighted by molar-refractivity contribution is -0.143. The van der Waals surface area contributed by atoms with Crippen LogP contribution >= 0.6 is 0 Å². The van der Waals surface area contributed by atoms with Crippen molar-refractivity contribution in [2.45, 2.75) is 0 Å². The number of piperazine rings is 1. The number of rotatable bonds is 1. The third-order valence-corrected chi connectivity index (χ3v) is 2.56. The maximum atomic E-state index is 11.8. The van der Waals surface area contributed by atoms with E-state index in [1.165, 1.54) is 6.20 Å². The van der Waals surface area contributed by atoms with E-state index in [9.17, 15) is 9.59 Å². The van der Waals surface area contributed by atoms with Crippen LogP contribution in [0.1, 0.15) is 0 Å². The van der Waals surface area contributed by atoms with Crippen molar-refractivity contribution in [1.82, 2.24) is 20.0 Å². The molecular formula is C10H15N5O2. The van der Waals surface area contributed by atoms with Crippen molar-refractivity contribution in [3.63, 3.8) is 0 Å². The van der Waals surface area contributed by atoms with Crippen LogP contribution in [0.4, 0.5) is 5.69 Å². The zero-order valence-corrected chi connectivity index (χ0v) is 9.64. The monoisotopic (exact) mass is 237 g/mol. The summed E-state index contributed by atoms with van der Waals surface area (Å²) >= 11 is 0. The lowest BCUT2D eigenvalue weighted by Gasteiger charge is -2.26. The Bertz CT molecular complexity index is 422. The van der Waals surface area contributed by atoms with E-state index < -0.39 is 11.8 Å². The maximum absolute atomic E-state index is 11.8. The average Bonchev–Trinajstić information content (AvgIpc) is 2.75. The molecule has 17 heavy (non-hydrogen) atoms. The van der Waals surface area contributed by atoms with Crippen LogP contribution < -0.4 is 10.6 Å². The van der Waals surface area contributed by atoms with Crippen molar-refractivity contribution in [1.29, 1.82) is 0 Å². The molecule has 0 aliphatic carbocycles. The second-order valence-electron chi connectivity index (χ2n) is 3.90. The molecule has 0 radical (unpaired) electrons. The van der Waals surface area contributed by atoms with Crippen molar-refractivity contribution in [2.75, 3.05) is 31.5 Å². The number of hydrogen-bond donors (Lipinski definition) is 2. The Morgan fingerprint density at radius 1 is 1.41 bits per heavy atom. The minimum atomic E-state index is -0.611. The van der Waals surface area contributed by atoms with Crippen LogP contribution in [0, 0.1) is 0 Å². The van der Waals surface area contributed by atoms with Crippen molar-refractivity contribution in [3.05, 3.63) is 12.4 Å². The third kappa shape index (κ3) is 2.82. The van der Waals surface area contributed by atoms with Gasteiger partial charge in [-0.15, -0.1) is 0 Å². The Morgan fingerprint density at radius 3 is 2.71 bits per heavy atom. The van der Waals surface area contributed by atoms with Gasteiger partial charge in [-0.05, 0) is 0 Å². The Kier molecular flexibility index (Phi) is 3.38. The first-order chi connectivity index (χ1) is 8.16. The van der Waals surface area contributed by atoms with Crippen LogP contribution in [0.2, 0.25) is 0 Å². The number of aromatic nitrogens is 2. The lowest BCUT2D eigenvalue weighted by Crippen LogP contribution is -2.49. The molecular weight excluding hydrogens is 222 g/mol. The highest BCUT2D eigenvalue weighted by Crippen LogP contribution is 2.04. The van der Waals surface area contributed by atoms with Gasteiger partial charge >= 0.3 is 11.8 Å². The average molecular weight is 237 g/mol. The minimum Gasteiger partial charge on any atom is -0.332 e. The Hall–Kier alpha value is -1.89. The first-order valence-electron chi connectivity index (χ1n) is 5.46. The fourth-order valence-electron chi connectivity index (χ4n) is 1.68. The highest BCUT2D eigenvalue weighted by atomic mass is 16.2. The summed E-state index contributed by atoms with van der Waals surface area (Å²) in [6.07, 6.45) is 3.14. The van der Waals surface area contributed by atoms with Gasteiger partial charge in [0.25, 0.3) is 0 Å². The topological polar surface area (TPSA) is 79.3 Å². The zero-order valence-electron chi connectivity index (χ0n) is 9.64. The molecule has 0 atom stereocenters. The molecule has 7 heteroatoms. The molecule has 0 bridgehead atoms. The summed E-state index contributed by atoms with van der Waals surface area (Å²) in [6, 6.07) is 0. The summed E-state index contributed by atoms with van der Waals surface area (Å²) in [5.41, 5.74) is 0.529. The number of amides is 2. The van der Waals surface area contributed by atoms with E-state index in [-0.39, 0.29) is 0 Å². The van der Waals surface area contributed by atoms with Gasteiger partial charge in [0.2, 0.25) is 0 Å². The normalized spacial score (nSPS) is 15.7. The first kappa shape index (κ1) is 11.6. The SMILES string of the molecule is Cn1cc(NC(=O)C(=O)N2CCNCC2)cn1. The van der Waals surface area contributed by atoms with Gasteiger partial charge in [0.1, 0.15) is 0 Å². The molecule has 0 aromatic carbocycles. The molecule has 1 aromatic rings. The molecule has 2 amide bonds. The second kappa shape index (κ2) is 4.96. The molecule has 2 rings (SSSR count). The molecule has 0 spiro atoms. The van der Waals surface area contributed by atoms with Crippen molar-refractivity contribution in [2.24, 2.45) is 7.05 Å². The minimum absolute atomic E-state index is 0.490. The molecule has 2 heterocycles. The highest BCUT2D eigenvalue weighted by Gasteiger charge is 2.23. The maximum Gasteiger partial charge on any atom is 0.313 e. The van der Waals surface area contributed by atoms with E-state index in [1.54, 1.807) is 22.8 Å². The summed E-state index contributed by atoms with van der Waals surface area (Å²) in [6.45, 7) is 2.59. The van der Waals surface area contributed by atoms with Gasteiger partial charge < -0.3 is 15.5 Å². The van der Waals surface area contributed by atoms with Gasteiger partial charge in [-0.25, -0.2) is 0 Å². The van der Waals surface area contributed by atoms with E-state index in [4.69, 9.17) is 0 Å². The molecule has 1 saturated heterocycles. The van der Waals surface area contributed by atoms with Gasteiger partial charge in [0, 0.05) is 39.4 Å². The van der Waals surface area contributed by atoms with Crippen molar-refractivity contribution >= 4 is 17.5 Å². The molecule has 1 aliphatic rings.